The molecule has 2 N–H and O–H groups in total. The van der Waals surface area contributed by atoms with Gasteiger partial charge in [-0.25, -0.2) is 9.37 Å². The maximum Gasteiger partial charge on any atom is 0.313 e. The number of fused-ring (bicyclic) bond motifs is 1. The Hall–Kier alpha value is -2.05. The number of nitrogens with zero attached hydrogens (tertiary/aromatic N) is 1. The molecule has 112 valence electrons. The highest BCUT2D eigenvalue weighted by atomic mass is 35.5. The molecule has 0 saturated heterocycles. The summed E-state index contributed by atoms with van der Waals surface area (Å²) < 4.78 is 13.4. The number of imidazole rings is 1. The zero-order chi connectivity index (χ0) is 15.7. The van der Waals surface area contributed by atoms with Gasteiger partial charge in [0.15, 0.2) is 5.16 Å². The molecule has 0 fully saturated rings. The van der Waals surface area contributed by atoms with Crippen molar-refractivity contribution in [1.82, 2.24) is 9.97 Å². The first-order valence-electron chi connectivity index (χ1n) is 6.33. The third kappa shape index (κ3) is 3.08. The molecular weight excluding hydrogens is 327 g/mol. The molecule has 3 aromatic rings. The molecule has 7 heteroatoms. The number of nitrogens with one attached hydrogen (secondary N) is 1. The van der Waals surface area contributed by atoms with Crippen LogP contribution in [0.1, 0.15) is 0 Å². The van der Waals surface area contributed by atoms with Crippen molar-refractivity contribution in [1.29, 1.82) is 0 Å². The van der Waals surface area contributed by atoms with Crippen molar-refractivity contribution >= 4 is 40.4 Å². The van der Waals surface area contributed by atoms with Crippen LogP contribution in [0.3, 0.4) is 0 Å². The van der Waals surface area contributed by atoms with Crippen molar-refractivity contribution in [3.05, 3.63) is 47.2 Å². The van der Waals surface area contributed by atoms with Crippen LogP contribution in [0.15, 0.2) is 41.6 Å². The molecule has 0 spiro atoms. The molecule has 1 heterocycles. The highest BCUT2D eigenvalue weighted by Crippen LogP contribution is 2.32. The summed E-state index contributed by atoms with van der Waals surface area (Å²) in [4.78, 5) is 17.9. The van der Waals surface area contributed by atoms with Gasteiger partial charge < -0.3 is 10.1 Å². The van der Waals surface area contributed by atoms with E-state index in [1.165, 1.54) is 12.1 Å². The van der Waals surface area contributed by atoms with Crippen LogP contribution in [0.4, 0.5) is 4.39 Å². The first-order chi connectivity index (χ1) is 10.5. The number of rotatable bonds is 4. The van der Waals surface area contributed by atoms with Gasteiger partial charge in [0, 0.05) is 5.56 Å². The summed E-state index contributed by atoms with van der Waals surface area (Å²) in [6.45, 7) is 0. The number of aromatic amines is 1. The largest absolute Gasteiger partial charge is 0.481 e. The summed E-state index contributed by atoms with van der Waals surface area (Å²) in [5.41, 5.74) is 2.69. The van der Waals surface area contributed by atoms with E-state index in [4.69, 9.17) is 16.7 Å². The number of carboxylic acids is 1. The van der Waals surface area contributed by atoms with Crippen LogP contribution in [0.5, 0.6) is 0 Å². The fraction of sp³-hybridized carbons (Fsp3) is 0.0667. The number of hydrogen-bond acceptors (Lipinski definition) is 3. The Bertz CT molecular complexity index is 866. The predicted molar refractivity (Wildman–Crippen MR) is 84.9 cm³/mol. The molecule has 0 aliphatic carbocycles. The smallest absolute Gasteiger partial charge is 0.313 e. The minimum Gasteiger partial charge on any atom is -0.481 e. The lowest BCUT2D eigenvalue weighted by Gasteiger charge is -2.04. The van der Waals surface area contributed by atoms with Crippen molar-refractivity contribution in [3.63, 3.8) is 0 Å². The molecular formula is C15H10ClFN2O2S. The van der Waals surface area contributed by atoms with Crippen molar-refractivity contribution < 1.29 is 14.3 Å². The van der Waals surface area contributed by atoms with Gasteiger partial charge >= 0.3 is 5.97 Å². The summed E-state index contributed by atoms with van der Waals surface area (Å²) >= 11 is 7.35. The number of benzene rings is 2. The third-order valence-electron chi connectivity index (χ3n) is 3.02. The Balaban J connectivity index is 2.02. The lowest BCUT2D eigenvalue weighted by molar-refractivity contribution is -0.133. The lowest BCUT2D eigenvalue weighted by atomic mass is 10.0. The average molecular weight is 337 g/mol. The second kappa shape index (κ2) is 5.98. The summed E-state index contributed by atoms with van der Waals surface area (Å²) in [6.07, 6.45) is 0. The Labute approximate surface area is 134 Å². The number of thioether (sulfide) groups is 1. The monoisotopic (exact) mass is 336 g/mol. The molecule has 3 rings (SSSR count). The van der Waals surface area contributed by atoms with Gasteiger partial charge in [0.1, 0.15) is 5.82 Å². The van der Waals surface area contributed by atoms with Crippen molar-refractivity contribution in [2.45, 2.75) is 5.16 Å². The molecule has 0 aliphatic heterocycles. The minimum atomic E-state index is -0.913. The molecule has 0 unspecified atom stereocenters. The van der Waals surface area contributed by atoms with Gasteiger partial charge in [-0.1, -0.05) is 35.5 Å². The SMILES string of the molecule is O=C(O)CSc1nc2cc(-c3cccc(F)c3)c(Cl)cc2[nH]1. The standard InChI is InChI=1S/C15H10ClFN2O2S/c16-11-6-13-12(18-15(19-13)22-7-14(20)21)5-10(11)8-2-1-3-9(17)4-8/h1-6H,7H2,(H,18,19)(H,20,21). The lowest BCUT2D eigenvalue weighted by Crippen LogP contribution is -1.97. The van der Waals surface area contributed by atoms with E-state index >= 15 is 0 Å². The van der Waals surface area contributed by atoms with E-state index in [0.29, 0.717) is 32.3 Å². The summed E-state index contributed by atoms with van der Waals surface area (Å²) in [5.74, 6) is -1.33. The molecule has 22 heavy (non-hydrogen) atoms. The van der Waals surface area contributed by atoms with Gasteiger partial charge in [-0.15, -0.1) is 0 Å². The van der Waals surface area contributed by atoms with E-state index in [9.17, 15) is 9.18 Å². The maximum absolute atomic E-state index is 13.4. The minimum absolute atomic E-state index is 0.0791. The maximum atomic E-state index is 13.4. The number of carbonyl (C=O) groups is 1. The Morgan fingerprint density at radius 1 is 1.36 bits per heavy atom. The van der Waals surface area contributed by atoms with Crippen LogP contribution in [-0.4, -0.2) is 26.8 Å². The zero-order valence-electron chi connectivity index (χ0n) is 11.1. The summed E-state index contributed by atoms with van der Waals surface area (Å²) in [6, 6.07) is 9.61. The topological polar surface area (TPSA) is 66.0 Å². The predicted octanol–water partition coefficient (Wildman–Crippen LogP) is 4.20. The molecule has 0 aliphatic rings. The molecule has 4 nitrogen and oxygen atoms in total. The van der Waals surface area contributed by atoms with Crippen LogP contribution in [0.25, 0.3) is 22.2 Å². The number of aliphatic carboxylic acids is 1. The molecule has 0 radical (unpaired) electrons. The Morgan fingerprint density at radius 2 is 2.18 bits per heavy atom. The van der Waals surface area contributed by atoms with E-state index in [2.05, 4.69) is 9.97 Å². The molecule has 0 bridgehead atoms. The van der Waals surface area contributed by atoms with E-state index in [1.807, 2.05) is 0 Å². The number of H-pyrrole nitrogens is 1. The van der Waals surface area contributed by atoms with E-state index in [1.54, 1.807) is 24.3 Å². The molecule has 1 aromatic heterocycles. The van der Waals surface area contributed by atoms with E-state index in [-0.39, 0.29) is 11.6 Å². The average Bonchev–Trinajstić information content (AvgIpc) is 2.86. The van der Waals surface area contributed by atoms with Crippen LogP contribution in [0, 0.1) is 5.82 Å². The second-order valence-corrected chi connectivity index (χ2v) is 5.96. The first kappa shape index (κ1) is 14.9. The van der Waals surface area contributed by atoms with Crippen molar-refractivity contribution in [2.24, 2.45) is 0 Å². The van der Waals surface area contributed by atoms with Crippen LogP contribution in [-0.2, 0) is 4.79 Å². The van der Waals surface area contributed by atoms with Crippen LogP contribution < -0.4 is 0 Å². The molecule has 0 amide bonds. The fourth-order valence-electron chi connectivity index (χ4n) is 2.08. The Kier molecular flexibility index (Phi) is 4.04. The molecule has 0 saturated carbocycles. The molecule has 2 aromatic carbocycles. The second-order valence-electron chi connectivity index (χ2n) is 4.58. The highest BCUT2D eigenvalue weighted by molar-refractivity contribution is 7.99. The van der Waals surface area contributed by atoms with Crippen LogP contribution in [0.2, 0.25) is 5.02 Å². The number of halogens is 2. The fourth-order valence-corrected chi connectivity index (χ4v) is 2.96. The van der Waals surface area contributed by atoms with Gasteiger partial charge in [-0.2, -0.15) is 0 Å². The van der Waals surface area contributed by atoms with Gasteiger partial charge in [0.25, 0.3) is 0 Å². The van der Waals surface area contributed by atoms with Gasteiger partial charge in [0.05, 0.1) is 21.8 Å². The Morgan fingerprint density at radius 3 is 2.91 bits per heavy atom. The zero-order valence-corrected chi connectivity index (χ0v) is 12.7. The quantitative estimate of drug-likeness (QED) is 0.701. The van der Waals surface area contributed by atoms with E-state index in [0.717, 1.165) is 11.8 Å². The highest BCUT2D eigenvalue weighted by Gasteiger charge is 2.11. The number of carboxylic acid groups (broad SMARTS) is 1. The third-order valence-corrected chi connectivity index (χ3v) is 4.19. The first-order valence-corrected chi connectivity index (χ1v) is 7.69. The number of hydrogen-bond donors (Lipinski definition) is 2. The van der Waals surface area contributed by atoms with Gasteiger partial charge in [-0.3, -0.25) is 4.79 Å². The van der Waals surface area contributed by atoms with E-state index < -0.39 is 5.97 Å². The van der Waals surface area contributed by atoms with Gasteiger partial charge in [-0.05, 0) is 29.8 Å². The molecule has 0 atom stereocenters. The normalized spacial score (nSPS) is 11.0. The number of aromatic nitrogens is 2. The summed E-state index contributed by atoms with van der Waals surface area (Å²) in [5, 5.41) is 9.67. The van der Waals surface area contributed by atoms with Gasteiger partial charge in [0.2, 0.25) is 0 Å². The van der Waals surface area contributed by atoms with Crippen molar-refractivity contribution in [2.75, 3.05) is 5.75 Å². The van der Waals surface area contributed by atoms with Crippen molar-refractivity contribution in [3.8, 4) is 11.1 Å². The van der Waals surface area contributed by atoms with Crippen LogP contribution >= 0.6 is 23.4 Å². The summed E-state index contributed by atoms with van der Waals surface area (Å²) in [7, 11) is 0.